The number of allylic oxidation sites excluding steroid dienone is 8. The van der Waals surface area contributed by atoms with Crippen LogP contribution in [0.4, 0.5) is 0 Å². The van der Waals surface area contributed by atoms with Gasteiger partial charge >= 0.3 is 228 Å². The number of rotatable bonds is 10. The van der Waals surface area contributed by atoms with E-state index in [1.165, 1.54) is 24.9 Å². The number of halogens is 2. The van der Waals surface area contributed by atoms with Crippen LogP contribution in [0.5, 0.6) is 0 Å². The second kappa shape index (κ2) is 12.4. The third kappa shape index (κ3) is 8.13. The zero-order valence-electron chi connectivity index (χ0n) is 25.0. The summed E-state index contributed by atoms with van der Waals surface area (Å²) in [6.45, 7) is 31.3. The maximum Gasteiger partial charge on any atom is -1.00 e. The predicted octanol–water partition coefficient (Wildman–Crippen LogP) is 2.48. The average Bonchev–Trinajstić information content (AvgIpc) is 3.25. The van der Waals surface area contributed by atoms with Crippen molar-refractivity contribution >= 4 is 32.8 Å². The molecule has 0 spiro atoms. The van der Waals surface area contributed by atoms with Crippen LogP contribution in [0.25, 0.3) is 0 Å². The van der Waals surface area contributed by atoms with Gasteiger partial charge in [-0.1, -0.05) is 0 Å². The van der Waals surface area contributed by atoms with Crippen LogP contribution >= 0.6 is 0 Å². The van der Waals surface area contributed by atoms with Gasteiger partial charge in [0.1, 0.15) is 0 Å². The monoisotopic (exact) mass is 678 g/mol. The zero-order valence-corrected chi connectivity index (χ0v) is 32.9. The van der Waals surface area contributed by atoms with Crippen molar-refractivity contribution in [1.29, 1.82) is 0 Å². The smallest absolute Gasteiger partial charge is 1.00 e. The minimum absolute atomic E-state index is 0. The van der Waals surface area contributed by atoms with Crippen LogP contribution in [0.15, 0.2) is 40.3 Å². The van der Waals surface area contributed by atoms with Crippen LogP contribution < -0.4 is 24.8 Å². The second-order valence-corrected chi connectivity index (χ2v) is 36.5. The Morgan fingerprint density at radius 1 is 0.667 bits per heavy atom. The Morgan fingerprint density at radius 2 is 1.00 bits per heavy atom. The van der Waals surface area contributed by atoms with Gasteiger partial charge in [-0.2, -0.15) is 0 Å². The fourth-order valence-corrected chi connectivity index (χ4v) is 18.3. The summed E-state index contributed by atoms with van der Waals surface area (Å²) in [5, 5.41) is 3.57. The molecule has 0 amide bonds. The van der Waals surface area contributed by atoms with Gasteiger partial charge in [-0.05, 0) is 0 Å². The van der Waals surface area contributed by atoms with E-state index in [0.717, 1.165) is 13.2 Å². The molecular weight excluding hydrogens is 631 g/mol. The van der Waals surface area contributed by atoms with E-state index in [2.05, 4.69) is 91.5 Å². The quantitative estimate of drug-likeness (QED) is 0.331. The molecule has 0 atom stereocenters. The summed E-state index contributed by atoms with van der Waals surface area (Å²) in [6, 6.07) is 2.51. The van der Waals surface area contributed by atoms with Crippen molar-refractivity contribution < 1.29 is 56.9 Å². The summed E-state index contributed by atoms with van der Waals surface area (Å²) in [5.74, 6) is 0. The van der Waals surface area contributed by atoms with Gasteiger partial charge in [0.25, 0.3) is 0 Å². The molecule has 1 aliphatic heterocycles. The molecule has 0 aromatic rings. The Bertz CT molecular complexity index is 878. The van der Waals surface area contributed by atoms with Crippen LogP contribution in [0, 0.1) is 5.41 Å². The summed E-state index contributed by atoms with van der Waals surface area (Å²) < 4.78 is 16.4. The van der Waals surface area contributed by atoms with Gasteiger partial charge in [-0.15, -0.1) is 0 Å². The first kappa shape index (κ1) is 35.2. The van der Waals surface area contributed by atoms with Gasteiger partial charge in [0, 0.05) is 0 Å². The fourth-order valence-electron chi connectivity index (χ4n) is 5.83. The molecule has 0 aromatic carbocycles. The van der Waals surface area contributed by atoms with Gasteiger partial charge in [0.05, 0.1) is 0 Å². The van der Waals surface area contributed by atoms with Crippen LogP contribution in [-0.4, -0.2) is 46.0 Å². The first-order chi connectivity index (χ1) is 15.4. The average molecular weight is 681 g/mol. The second-order valence-electron chi connectivity index (χ2n) is 14.3. The van der Waals surface area contributed by atoms with E-state index in [0.29, 0.717) is 0 Å². The summed E-state index contributed by atoms with van der Waals surface area (Å²) in [6.07, 6.45) is 7.85. The standard InChI is InChI=1S/C27H50O2Si4.2ClH.Zr/c1-27(2,23-15-13-17-25(23)32(9,10)21-19-28-30(3,4)5)24-16-14-18-26(24)33(11,12)22-20-29-31(6,7)8;;;/h17-18H,13-14,19-22H2,1-12H3;2*1H;/q;;;+2/p-2. The van der Waals surface area contributed by atoms with Gasteiger partial charge in [0.15, 0.2) is 0 Å². The van der Waals surface area contributed by atoms with E-state index in [1.807, 2.05) is 6.56 Å². The van der Waals surface area contributed by atoms with Gasteiger partial charge in [-0.25, -0.2) is 0 Å². The molecule has 0 unspecified atom stereocenters. The number of hydrogen-bond acceptors (Lipinski definition) is 2. The molecule has 3 aliphatic rings. The molecule has 204 valence electrons. The molecule has 2 nitrogen and oxygen atoms in total. The summed E-state index contributed by atoms with van der Waals surface area (Å²) in [7, 11) is -5.98. The van der Waals surface area contributed by atoms with E-state index in [1.54, 1.807) is 21.5 Å². The molecule has 2 aliphatic carbocycles. The van der Waals surface area contributed by atoms with Crippen molar-refractivity contribution in [2.45, 2.75) is 104 Å². The molecule has 0 saturated carbocycles. The normalized spacial score (nSPS) is 19.4. The first-order valence-corrected chi connectivity index (χ1v) is 29.0. The third-order valence-corrected chi connectivity index (χ3v) is 20.3. The van der Waals surface area contributed by atoms with E-state index in [-0.39, 0.29) is 30.2 Å². The van der Waals surface area contributed by atoms with Crippen molar-refractivity contribution in [3.05, 3.63) is 40.3 Å². The first-order valence-electron chi connectivity index (χ1n) is 13.3. The fraction of sp³-hybridized carbons (Fsp3) is 0.704. The minimum Gasteiger partial charge on any atom is -1.00 e. The minimum atomic E-state index is -1.54. The van der Waals surface area contributed by atoms with Crippen molar-refractivity contribution in [3.8, 4) is 0 Å². The molecular formula is C27H50Cl2O2Si4Zr. The molecule has 0 saturated heterocycles. The molecule has 36 heavy (non-hydrogen) atoms. The Labute approximate surface area is 250 Å². The van der Waals surface area contributed by atoms with Crippen molar-refractivity contribution in [2.24, 2.45) is 5.41 Å². The molecule has 1 heterocycles. The summed E-state index contributed by atoms with van der Waals surface area (Å²) in [4.78, 5) is 0. The number of hydrogen-bond donors (Lipinski definition) is 0. The Hall–Kier alpha value is 1.21. The van der Waals surface area contributed by atoms with Crippen LogP contribution in [0.2, 0.25) is 77.6 Å². The SMILES string of the molecule is CC1(C)C2=[C](CC=C2[Si](C)(C)CCO[Si](C)(C)C)[Zr+2][C]2=C1C([Si](C)(C)CCO[Si](C)(C)C)=CC2.[Cl-].[Cl-]. The summed E-state index contributed by atoms with van der Waals surface area (Å²) in [5.41, 5.74) is 3.78. The predicted molar refractivity (Wildman–Crippen MR) is 156 cm³/mol. The largest absolute Gasteiger partial charge is 1.00 e. The van der Waals surface area contributed by atoms with Crippen LogP contribution in [0.3, 0.4) is 0 Å². The van der Waals surface area contributed by atoms with Gasteiger partial charge in [-0.3, -0.25) is 0 Å². The molecule has 0 bridgehead atoms. The molecule has 0 aromatic heterocycles. The molecule has 0 radical (unpaired) electrons. The molecule has 3 rings (SSSR count). The zero-order chi connectivity index (χ0) is 25.7. The maximum atomic E-state index is 6.32. The molecule has 9 heteroatoms. The summed E-state index contributed by atoms with van der Waals surface area (Å²) >= 11 is -0.655. The maximum absolute atomic E-state index is 6.32. The third-order valence-electron chi connectivity index (χ3n) is 7.70. The molecule has 0 fully saturated rings. The van der Waals surface area contributed by atoms with Crippen molar-refractivity contribution in [3.63, 3.8) is 0 Å². The van der Waals surface area contributed by atoms with E-state index >= 15 is 0 Å². The van der Waals surface area contributed by atoms with Crippen molar-refractivity contribution in [2.75, 3.05) is 13.2 Å². The van der Waals surface area contributed by atoms with E-state index < -0.39 is 56.0 Å². The molecule has 0 N–H and O–H groups in total. The Kier molecular flexibility index (Phi) is 12.1. The topological polar surface area (TPSA) is 18.5 Å². The van der Waals surface area contributed by atoms with Crippen molar-refractivity contribution in [1.82, 2.24) is 0 Å². The Morgan fingerprint density at radius 3 is 1.31 bits per heavy atom. The Balaban J connectivity index is 0.00000324. The van der Waals surface area contributed by atoms with E-state index in [4.69, 9.17) is 8.85 Å². The van der Waals surface area contributed by atoms with Gasteiger partial charge < -0.3 is 24.8 Å². The van der Waals surface area contributed by atoms with E-state index in [9.17, 15) is 0 Å². The van der Waals surface area contributed by atoms with Crippen LogP contribution in [-0.2, 0) is 32.1 Å². The van der Waals surface area contributed by atoms with Crippen LogP contribution in [0.1, 0.15) is 26.7 Å². The van der Waals surface area contributed by atoms with Gasteiger partial charge in [0.2, 0.25) is 0 Å².